The molecule has 4 heteroatoms. The maximum absolute atomic E-state index is 9.48. The largest absolute Gasteiger partial charge is 0.388 e. The molecule has 0 aliphatic carbocycles. The summed E-state index contributed by atoms with van der Waals surface area (Å²) in [5.74, 6) is 0. The van der Waals surface area contributed by atoms with E-state index in [1.54, 1.807) is 0 Å². The van der Waals surface area contributed by atoms with Gasteiger partial charge in [-0.1, -0.05) is 32.6 Å². The van der Waals surface area contributed by atoms with Crippen LogP contribution in [0.4, 0.5) is 0 Å². The Balaban J connectivity index is 1.91. The average Bonchev–Trinajstić information content (AvgIpc) is 2.59. The number of aliphatic hydroxyl groups excluding tert-OH is 2. The zero-order chi connectivity index (χ0) is 11.8. The van der Waals surface area contributed by atoms with Crippen LogP contribution >= 0.6 is 0 Å². The molecule has 4 nitrogen and oxygen atoms in total. The number of unbranched alkanes of at least 4 members (excludes halogenated alkanes) is 4. The van der Waals surface area contributed by atoms with Crippen molar-refractivity contribution in [1.29, 1.82) is 0 Å². The second-order valence-corrected chi connectivity index (χ2v) is 4.42. The van der Waals surface area contributed by atoms with E-state index in [-0.39, 0.29) is 12.7 Å². The first-order chi connectivity index (χ1) is 7.75. The Morgan fingerprint density at radius 3 is 2.56 bits per heavy atom. The fraction of sp³-hybridized carbons (Fsp3) is 1.00. The minimum Gasteiger partial charge on any atom is -0.388 e. The lowest BCUT2D eigenvalue weighted by atomic mass is 10.1. The molecule has 0 aromatic carbocycles. The Labute approximate surface area is 97.6 Å². The van der Waals surface area contributed by atoms with E-state index in [0.717, 1.165) is 6.42 Å². The monoisotopic (exact) mass is 232 g/mol. The summed E-state index contributed by atoms with van der Waals surface area (Å²) in [6.07, 6.45) is 4.16. The highest BCUT2D eigenvalue weighted by atomic mass is 16.6. The molecule has 1 rings (SSSR count). The van der Waals surface area contributed by atoms with Crippen molar-refractivity contribution in [2.45, 2.75) is 57.3 Å². The van der Waals surface area contributed by atoms with E-state index in [2.05, 4.69) is 6.92 Å². The molecule has 16 heavy (non-hydrogen) atoms. The predicted octanol–water partition coefficient (Wildman–Crippen LogP) is 1.09. The third-order valence-corrected chi connectivity index (χ3v) is 2.93. The smallest absolute Gasteiger partial charge is 0.110 e. The van der Waals surface area contributed by atoms with Gasteiger partial charge in [-0.25, -0.2) is 0 Å². The molecule has 0 saturated carbocycles. The topological polar surface area (TPSA) is 58.9 Å². The Bertz CT molecular complexity index is 174. The highest BCUT2D eigenvalue weighted by molar-refractivity contribution is 4.82. The van der Waals surface area contributed by atoms with Gasteiger partial charge < -0.3 is 19.7 Å². The maximum atomic E-state index is 9.48. The van der Waals surface area contributed by atoms with Crippen molar-refractivity contribution in [3.63, 3.8) is 0 Å². The molecule has 0 aromatic rings. The Kier molecular flexibility index (Phi) is 6.96. The van der Waals surface area contributed by atoms with Gasteiger partial charge in [0.2, 0.25) is 0 Å². The van der Waals surface area contributed by atoms with Crippen LogP contribution in [0.25, 0.3) is 0 Å². The summed E-state index contributed by atoms with van der Waals surface area (Å²) in [4.78, 5) is 0. The number of hydrogen-bond donors (Lipinski definition) is 2. The zero-order valence-electron chi connectivity index (χ0n) is 10.1. The first-order valence-corrected chi connectivity index (χ1v) is 6.31. The van der Waals surface area contributed by atoms with Crippen LogP contribution in [0.3, 0.4) is 0 Å². The van der Waals surface area contributed by atoms with Crippen LogP contribution in [-0.4, -0.2) is 48.3 Å². The van der Waals surface area contributed by atoms with Gasteiger partial charge in [0.05, 0.1) is 13.2 Å². The molecular formula is C12H24O4. The van der Waals surface area contributed by atoms with Crippen molar-refractivity contribution >= 4 is 0 Å². The van der Waals surface area contributed by atoms with Crippen LogP contribution in [0.2, 0.25) is 0 Å². The molecule has 0 bridgehead atoms. The van der Waals surface area contributed by atoms with Gasteiger partial charge in [-0.15, -0.1) is 0 Å². The molecule has 1 fully saturated rings. The van der Waals surface area contributed by atoms with Crippen molar-refractivity contribution in [3.8, 4) is 0 Å². The van der Waals surface area contributed by atoms with Crippen LogP contribution in [-0.2, 0) is 9.47 Å². The second kappa shape index (κ2) is 8.01. The lowest BCUT2D eigenvalue weighted by Crippen LogP contribution is -2.33. The van der Waals surface area contributed by atoms with Crippen molar-refractivity contribution in [2.75, 3.05) is 19.8 Å². The molecule has 96 valence electrons. The molecule has 1 aliphatic rings. The van der Waals surface area contributed by atoms with Gasteiger partial charge in [-0.3, -0.25) is 0 Å². The second-order valence-electron chi connectivity index (χ2n) is 4.42. The normalized spacial score (nSPS) is 29.8. The number of aliphatic hydroxyl groups is 2. The van der Waals surface area contributed by atoms with Gasteiger partial charge in [0.1, 0.15) is 18.3 Å². The van der Waals surface area contributed by atoms with Crippen LogP contribution in [0.5, 0.6) is 0 Å². The van der Waals surface area contributed by atoms with Crippen LogP contribution in [0.1, 0.15) is 39.0 Å². The van der Waals surface area contributed by atoms with Gasteiger partial charge in [0.25, 0.3) is 0 Å². The fourth-order valence-corrected chi connectivity index (χ4v) is 1.82. The van der Waals surface area contributed by atoms with Crippen molar-refractivity contribution in [2.24, 2.45) is 0 Å². The van der Waals surface area contributed by atoms with Crippen molar-refractivity contribution < 1.29 is 19.7 Å². The predicted molar refractivity (Wildman–Crippen MR) is 61.3 cm³/mol. The summed E-state index contributed by atoms with van der Waals surface area (Å²) in [6.45, 7) is 3.50. The molecule has 0 spiro atoms. The van der Waals surface area contributed by atoms with Crippen LogP contribution in [0, 0.1) is 0 Å². The van der Waals surface area contributed by atoms with Gasteiger partial charge in [-0.05, 0) is 6.42 Å². The molecule has 3 unspecified atom stereocenters. The fourth-order valence-electron chi connectivity index (χ4n) is 1.82. The average molecular weight is 232 g/mol. The third kappa shape index (κ3) is 4.78. The first-order valence-electron chi connectivity index (χ1n) is 6.31. The van der Waals surface area contributed by atoms with E-state index in [1.807, 2.05) is 0 Å². The van der Waals surface area contributed by atoms with Crippen LogP contribution < -0.4 is 0 Å². The number of hydrogen-bond acceptors (Lipinski definition) is 4. The van der Waals surface area contributed by atoms with Gasteiger partial charge in [0.15, 0.2) is 0 Å². The van der Waals surface area contributed by atoms with E-state index in [4.69, 9.17) is 9.47 Å². The highest BCUT2D eigenvalue weighted by Gasteiger charge is 2.34. The van der Waals surface area contributed by atoms with Gasteiger partial charge in [0, 0.05) is 6.61 Å². The molecule has 0 radical (unpaired) electrons. The summed E-state index contributed by atoms with van der Waals surface area (Å²) >= 11 is 0. The van der Waals surface area contributed by atoms with Crippen molar-refractivity contribution in [1.82, 2.24) is 0 Å². The molecule has 1 aliphatic heterocycles. The van der Waals surface area contributed by atoms with E-state index >= 15 is 0 Å². The third-order valence-electron chi connectivity index (χ3n) is 2.93. The molecule has 2 N–H and O–H groups in total. The minimum absolute atomic E-state index is 0.214. The standard InChI is InChI=1S/C12H24O4/c1-2-3-4-5-6-7-15-9-11-12(14)10(13)8-16-11/h10-14H,2-9H2,1H3. The molecule has 3 atom stereocenters. The van der Waals surface area contributed by atoms with Crippen molar-refractivity contribution in [3.05, 3.63) is 0 Å². The lowest BCUT2D eigenvalue weighted by molar-refractivity contribution is -0.0306. The molecular weight excluding hydrogens is 208 g/mol. The Morgan fingerprint density at radius 1 is 1.19 bits per heavy atom. The summed E-state index contributed by atoms with van der Waals surface area (Å²) in [7, 11) is 0. The number of rotatable bonds is 8. The SMILES string of the molecule is CCCCCCCOCC1OCC(O)C1O. The highest BCUT2D eigenvalue weighted by Crippen LogP contribution is 2.14. The van der Waals surface area contributed by atoms with E-state index < -0.39 is 12.2 Å². The molecule has 1 heterocycles. The van der Waals surface area contributed by atoms with E-state index in [1.165, 1.54) is 25.7 Å². The van der Waals surface area contributed by atoms with E-state index in [9.17, 15) is 10.2 Å². The molecule has 1 saturated heterocycles. The molecule has 0 amide bonds. The zero-order valence-corrected chi connectivity index (χ0v) is 10.1. The number of ether oxygens (including phenoxy) is 2. The summed E-state index contributed by atoms with van der Waals surface area (Å²) in [5.41, 5.74) is 0. The summed E-state index contributed by atoms with van der Waals surface area (Å²) in [6, 6.07) is 0. The Morgan fingerprint density at radius 2 is 1.94 bits per heavy atom. The Hall–Kier alpha value is -0.160. The first kappa shape index (κ1) is 13.9. The molecule has 0 aromatic heterocycles. The summed E-state index contributed by atoms with van der Waals surface area (Å²) in [5, 5.41) is 18.7. The van der Waals surface area contributed by atoms with Gasteiger partial charge >= 0.3 is 0 Å². The minimum atomic E-state index is -0.792. The summed E-state index contributed by atoms with van der Waals surface area (Å²) < 4.78 is 10.6. The van der Waals surface area contributed by atoms with E-state index in [0.29, 0.717) is 13.2 Å². The lowest BCUT2D eigenvalue weighted by Gasteiger charge is -2.14. The van der Waals surface area contributed by atoms with Crippen LogP contribution in [0.15, 0.2) is 0 Å². The van der Waals surface area contributed by atoms with Gasteiger partial charge in [-0.2, -0.15) is 0 Å². The quantitative estimate of drug-likeness (QED) is 0.615. The maximum Gasteiger partial charge on any atom is 0.110 e.